The third-order valence-corrected chi connectivity index (χ3v) is 4.00. The Balaban J connectivity index is 2.08. The average Bonchev–Trinajstić information content (AvgIpc) is 2.85. The molecule has 0 fully saturated rings. The second-order valence-corrected chi connectivity index (χ2v) is 5.55. The number of carbonyl (C=O) groups excluding carboxylic acids is 1. The molecule has 0 bridgehead atoms. The van der Waals surface area contributed by atoms with Crippen LogP contribution in [0.15, 0.2) is 45.6 Å². The number of ether oxygens (including phenoxy) is 1. The number of esters is 1. The van der Waals surface area contributed by atoms with E-state index in [2.05, 4.69) is 0 Å². The first-order chi connectivity index (χ1) is 11.0. The lowest BCUT2D eigenvalue weighted by molar-refractivity contribution is 0.0601. The Morgan fingerprint density at radius 1 is 1.13 bits per heavy atom. The van der Waals surface area contributed by atoms with Gasteiger partial charge in [0.25, 0.3) is 0 Å². The Hall–Kier alpha value is -2.82. The van der Waals surface area contributed by atoms with E-state index >= 15 is 0 Å². The molecular weight excluding hydrogens is 294 g/mol. The molecule has 5 nitrogen and oxygen atoms in total. The maximum absolute atomic E-state index is 12.1. The molecule has 1 aromatic heterocycles. The minimum Gasteiger partial charge on any atom is -0.465 e. The van der Waals surface area contributed by atoms with Crippen molar-refractivity contribution in [3.05, 3.63) is 69.2 Å². The summed E-state index contributed by atoms with van der Waals surface area (Å²) in [4.78, 5) is 23.8. The second kappa shape index (κ2) is 5.76. The molecule has 0 aliphatic heterocycles. The Labute approximate surface area is 133 Å². The third kappa shape index (κ3) is 2.77. The van der Waals surface area contributed by atoms with Crippen LogP contribution in [0.1, 0.15) is 27.0 Å². The van der Waals surface area contributed by atoms with Crippen molar-refractivity contribution >= 4 is 17.1 Å². The fourth-order valence-electron chi connectivity index (χ4n) is 2.54. The molecule has 0 amide bonds. The van der Waals surface area contributed by atoms with Crippen molar-refractivity contribution in [1.82, 2.24) is 4.57 Å². The zero-order chi connectivity index (χ0) is 16.6. The molecule has 23 heavy (non-hydrogen) atoms. The van der Waals surface area contributed by atoms with Crippen LogP contribution in [0, 0.1) is 13.8 Å². The van der Waals surface area contributed by atoms with Crippen LogP contribution in [0.2, 0.25) is 0 Å². The van der Waals surface area contributed by atoms with Crippen molar-refractivity contribution < 1.29 is 13.9 Å². The molecule has 0 saturated carbocycles. The third-order valence-electron chi connectivity index (χ3n) is 4.00. The normalized spacial score (nSPS) is 10.9. The van der Waals surface area contributed by atoms with Gasteiger partial charge in [0.05, 0.1) is 24.7 Å². The molecule has 2 aromatic carbocycles. The maximum atomic E-state index is 12.1. The number of benzene rings is 2. The van der Waals surface area contributed by atoms with Gasteiger partial charge in [-0.1, -0.05) is 18.2 Å². The number of fused-ring (bicyclic) bond motifs is 1. The summed E-state index contributed by atoms with van der Waals surface area (Å²) in [6, 6.07) is 10.9. The Morgan fingerprint density at radius 3 is 2.61 bits per heavy atom. The zero-order valence-electron chi connectivity index (χ0n) is 13.3. The Morgan fingerprint density at radius 2 is 1.91 bits per heavy atom. The lowest BCUT2D eigenvalue weighted by Gasteiger charge is -2.06. The summed E-state index contributed by atoms with van der Waals surface area (Å²) in [6.45, 7) is 4.46. The van der Waals surface area contributed by atoms with Gasteiger partial charge in [-0.15, -0.1) is 0 Å². The molecule has 3 rings (SSSR count). The molecule has 0 aliphatic carbocycles. The van der Waals surface area contributed by atoms with E-state index in [0.717, 1.165) is 5.56 Å². The molecule has 118 valence electrons. The van der Waals surface area contributed by atoms with Crippen LogP contribution in [-0.4, -0.2) is 17.6 Å². The summed E-state index contributed by atoms with van der Waals surface area (Å²) in [5.74, 6) is -0.890. The highest BCUT2D eigenvalue weighted by atomic mass is 16.5. The van der Waals surface area contributed by atoms with Crippen LogP contribution >= 0.6 is 0 Å². The van der Waals surface area contributed by atoms with Gasteiger partial charge in [-0.25, -0.2) is 9.59 Å². The number of hydrogen-bond donors (Lipinski definition) is 0. The highest BCUT2D eigenvalue weighted by Gasteiger charge is 2.13. The van der Waals surface area contributed by atoms with Gasteiger partial charge in [0.2, 0.25) is 0 Å². The molecule has 0 N–H and O–H groups in total. The van der Waals surface area contributed by atoms with Gasteiger partial charge in [0.15, 0.2) is 5.58 Å². The summed E-state index contributed by atoms with van der Waals surface area (Å²) >= 11 is 0. The maximum Gasteiger partial charge on any atom is 0.420 e. The van der Waals surface area contributed by atoms with Gasteiger partial charge < -0.3 is 9.15 Å². The van der Waals surface area contributed by atoms with Gasteiger partial charge in [0, 0.05) is 0 Å². The number of hydrogen-bond acceptors (Lipinski definition) is 4. The molecule has 0 unspecified atom stereocenters. The number of oxazole rings is 1. The summed E-state index contributed by atoms with van der Waals surface area (Å²) in [5.41, 5.74) is 4.78. The van der Waals surface area contributed by atoms with E-state index in [9.17, 15) is 9.59 Å². The van der Waals surface area contributed by atoms with Gasteiger partial charge >= 0.3 is 11.7 Å². The smallest absolute Gasteiger partial charge is 0.420 e. The highest BCUT2D eigenvalue weighted by molar-refractivity contribution is 5.93. The summed E-state index contributed by atoms with van der Waals surface area (Å²) in [5, 5.41) is 0. The molecule has 5 heteroatoms. The number of aryl methyl sites for hydroxylation is 2. The van der Waals surface area contributed by atoms with E-state index in [4.69, 9.17) is 9.15 Å². The van der Waals surface area contributed by atoms with Crippen LogP contribution in [0.25, 0.3) is 11.1 Å². The van der Waals surface area contributed by atoms with Crippen molar-refractivity contribution in [2.45, 2.75) is 20.4 Å². The minimum absolute atomic E-state index is 0.384. The monoisotopic (exact) mass is 311 g/mol. The predicted molar refractivity (Wildman–Crippen MR) is 86.8 cm³/mol. The average molecular weight is 311 g/mol. The van der Waals surface area contributed by atoms with Crippen LogP contribution < -0.4 is 5.76 Å². The molecular formula is C18H17NO4. The topological polar surface area (TPSA) is 61.4 Å². The van der Waals surface area contributed by atoms with Crippen LogP contribution in [-0.2, 0) is 11.3 Å². The van der Waals surface area contributed by atoms with Gasteiger partial charge in [0.1, 0.15) is 0 Å². The van der Waals surface area contributed by atoms with Crippen molar-refractivity contribution in [1.29, 1.82) is 0 Å². The second-order valence-electron chi connectivity index (χ2n) is 5.55. The first kappa shape index (κ1) is 15.1. The molecule has 3 aromatic rings. The lowest BCUT2D eigenvalue weighted by atomic mass is 10.1. The van der Waals surface area contributed by atoms with Gasteiger partial charge in [-0.05, 0) is 48.7 Å². The standard InChI is InChI=1S/C18H17NO4/c1-11-4-5-13(8-12(11)2)10-19-15-9-14(17(20)22-3)6-7-16(15)23-18(19)21/h4-9H,10H2,1-3H3. The fourth-order valence-corrected chi connectivity index (χ4v) is 2.54. The summed E-state index contributed by atoms with van der Waals surface area (Å²) in [7, 11) is 1.32. The first-order valence-electron chi connectivity index (χ1n) is 7.27. The van der Waals surface area contributed by atoms with Crippen molar-refractivity contribution in [3.8, 4) is 0 Å². The van der Waals surface area contributed by atoms with E-state index in [0.29, 0.717) is 23.2 Å². The number of aromatic nitrogens is 1. The molecule has 0 saturated heterocycles. The van der Waals surface area contributed by atoms with Crippen LogP contribution in [0.5, 0.6) is 0 Å². The largest absolute Gasteiger partial charge is 0.465 e. The highest BCUT2D eigenvalue weighted by Crippen LogP contribution is 2.18. The van der Waals surface area contributed by atoms with E-state index in [1.807, 2.05) is 32.0 Å². The van der Waals surface area contributed by atoms with E-state index < -0.39 is 11.7 Å². The molecule has 0 radical (unpaired) electrons. The van der Waals surface area contributed by atoms with Crippen LogP contribution in [0.4, 0.5) is 0 Å². The minimum atomic E-state index is -0.446. The van der Waals surface area contributed by atoms with Crippen molar-refractivity contribution in [2.75, 3.05) is 7.11 Å². The predicted octanol–water partition coefficient (Wildman–Crippen LogP) is 3.05. The number of methoxy groups -OCH3 is 1. The molecule has 1 heterocycles. The van der Waals surface area contributed by atoms with Crippen molar-refractivity contribution in [2.24, 2.45) is 0 Å². The quantitative estimate of drug-likeness (QED) is 0.698. The van der Waals surface area contributed by atoms with Gasteiger partial charge in [-0.3, -0.25) is 4.57 Å². The van der Waals surface area contributed by atoms with E-state index in [-0.39, 0.29) is 0 Å². The number of nitrogens with zero attached hydrogens (tertiary/aromatic N) is 1. The molecule has 0 spiro atoms. The van der Waals surface area contributed by atoms with E-state index in [1.54, 1.807) is 18.2 Å². The fraction of sp³-hybridized carbons (Fsp3) is 0.222. The number of rotatable bonds is 3. The zero-order valence-corrected chi connectivity index (χ0v) is 13.3. The number of carbonyl (C=O) groups is 1. The molecule has 0 atom stereocenters. The lowest BCUT2D eigenvalue weighted by Crippen LogP contribution is -2.15. The van der Waals surface area contributed by atoms with Gasteiger partial charge in [-0.2, -0.15) is 0 Å². The first-order valence-corrected chi connectivity index (χ1v) is 7.27. The molecule has 0 aliphatic rings. The summed E-state index contributed by atoms with van der Waals surface area (Å²) in [6.07, 6.45) is 0. The Kier molecular flexibility index (Phi) is 3.78. The summed E-state index contributed by atoms with van der Waals surface area (Å²) < 4.78 is 11.5. The van der Waals surface area contributed by atoms with Crippen molar-refractivity contribution in [3.63, 3.8) is 0 Å². The van der Waals surface area contributed by atoms with E-state index in [1.165, 1.54) is 22.8 Å². The van der Waals surface area contributed by atoms with Crippen LogP contribution in [0.3, 0.4) is 0 Å². The SMILES string of the molecule is COC(=O)c1ccc2oc(=O)n(Cc3ccc(C)c(C)c3)c2c1. The Bertz CT molecular complexity index is 949.